The fraction of sp³-hybridized carbons (Fsp3) is 0. The monoisotopic (exact) mass is 236 g/mol. The summed E-state index contributed by atoms with van der Waals surface area (Å²) in [5.41, 5.74) is 0. The van der Waals surface area contributed by atoms with Gasteiger partial charge in [0.2, 0.25) is 0 Å². The Morgan fingerprint density at radius 1 is 1.09 bits per heavy atom. The van der Waals surface area contributed by atoms with Crippen molar-refractivity contribution < 1.29 is 16.0 Å². The molecule has 0 N–H and O–H groups in total. The Hall–Kier alpha value is 0.256. The summed E-state index contributed by atoms with van der Waals surface area (Å²) in [5, 5.41) is 0. The first-order chi connectivity index (χ1) is 4.61. The summed E-state index contributed by atoms with van der Waals surface area (Å²) in [5.74, 6) is -2.78. The van der Waals surface area contributed by atoms with E-state index in [1.807, 2.05) is 0 Å². The summed E-state index contributed by atoms with van der Waals surface area (Å²) >= 11 is 2.60. The van der Waals surface area contributed by atoms with Crippen LogP contribution in [0.4, 0.5) is 13.2 Å². The van der Waals surface area contributed by atoms with Crippen LogP contribution >= 0.6 is 15.9 Å². The van der Waals surface area contributed by atoms with Crippen LogP contribution in [0.25, 0.3) is 0 Å². The zero-order valence-corrected chi connectivity index (χ0v) is 8.37. The van der Waals surface area contributed by atoms with Gasteiger partial charge >= 0.3 is 23.1 Å². The van der Waals surface area contributed by atoms with Crippen molar-refractivity contribution >= 4 is 39.0 Å². The fourth-order valence-electron chi connectivity index (χ4n) is 0.525. The first-order valence-corrected chi connectivity index (χ1v) is 3.20. The standard InChI is InChI=1S/C6H2BrF3.Mg.2H/c7-6-4(9)1-3(8)2-5(6)10;;;/h1-2H;;;/q;+2;2*-1. The molecule has 0 bridgehead atoms. The number of hydrogen-bond acceptors (Lipinski definition) is 0. The Bertz CT molecular complexity index is 249. The topological polar surface area (TPSA) is 0 Å². The second-order valence-electron chi connectivity index (χ2n) is 1.68. The maximum absolute atomic E-state index is 12.3. The van der Waals surface area contributed by atoms with Gasteiger partial charge in [0, 0.05) is 12.1 Å². The third-order valence-electron chi connectivity index (χ3n) is 0.949. The second-order valence-corrected chi connectivity index (χ2v) is 2.48. The fourth-order valence-corrected chi connectivity index (χ4v) is 0.754. The van der Waals surface area contributed by atoms with E-state index in [2.05, 4.69) is 15.9 Å². The van der Waals surface area contributed by atoms with Crippen LogP contribution in [-0.4, -0.2) is 23.1 Å². The van der Waals surface area contributed by atoms with Crippen LogP contribution in [0.2, 0.25) is 0 Å². The first-order valence-electron chi connectivity index (χ1n) is 2.41. The summed E-state index contributed by atoms with van der Waals surface area (Å²) in [6, 6.07) is 1.21. The number of rotatable bonds is 0. The normalized spacial score (nSPS) is 9.09. The van der Waals surface area contributed by atoms with E-state index < -0.39 is 17.5 Å². The largest absolute Gasteiger partial charge is 2.00 e. The molecule has 0 unspecified atom stereocenters. The van der Waals surface area contributed by atoms with E-state index in [-0.39, 0.29) is 30.4 Å². The quantitative estimate of drug-likeness (QED) is 0.370. The second kappa shape index (κ2) is 4.32. The molecule has 1 rings (SSSR count). The molecule has 0 saturated heterocycles. The van der Waals surface area contributed by atoms with Gasteiger partial charge in [0.1, 0.15) is 17.5 Å². The van der Waals surface area contributed by atoms with Crippen LogP contribution in [0.15, 0.2) is 16.6 Å². The minimum absolute atomic E-state index is 0. The molecule has 0 aliphatic carbocycles. The van der Waals surface area contributed by atoms with Crippen molar-refractivity contribution in [3.8, 4) is 0 Å². The van der Waals surface area contributed by atoms with E-state index in [1.165, 1.54) is 0 Å². The molecule has 5 heteroatoms. The van der Waals surface area contributed by atoms with Crippen molar-refractivity contribution in [3.63, 3.8) is 0 Å². The van der Waals surface area contributed by atoms with Crippen molar-refractivity contribution in [1.29, 1.82) is 0 Å². The first kappa shape index (κ1) is 11.3. The third kappa shape index (κ3) is 2.65. The van der Waals surface area contributed by atoms with Crippen molar-refractivity contribution in [2.45, 2.75) is 0 Å². The van der Waals surface area contributed by atoms with Gasteiger partial charge in [-0.15, -0.1) is 0 Å². The number of benzene rings is 1. The van der Waals surface area contributed by atoms with E-state index in [0.29, 0.717) is 12.1 Å². The smallest absolute Gasteiger partial charge is 1.00 e. The third-order valence-corrected chi connectivity index (χ3v) is 1.71. The van der Waals surface area contributed by atoms with Crippen LogP contribution in [0.5, 0.6) is 0 Å². The van der Waals surface area contributed by atoms with E-state index in [1.54, 1.807) is 0 Å². The number of hydrogen-bond donors (Lipinski definition) is 0. The molecule has 0 aliphatic heterocycles. The average molecular weight is 237 g/mol. The average Bonchev–Trinajstić information content (AvgIpc) is 1.82. The molecule has 0 nitrogen and oxygen atoms in total. The van der Waals surface area contributed by atoms with Gasteiger partial charge in [-0.2, -0.15) is 0 Å². The number of halogens is 4. The van der Waals surface area contributed by atoms with Crippen LogP contribution in [-0.2, 0) is 0 Å². The molecule has 0 saturated carbocycles. The summed E-state index contributed by atoms with van der Waals surface area (Å²) < 4.78 is 36.4. The summed E-state index contributed by atoms with van der Waals surface area (Å²) in [4.78, 5) is 0. The van der Waals surface area contributed by atoms with Gasteiger partial charge in [0.05, 0.1) is 4.47 Å². The maximum Gasteiger partial charge on any atom is 2.00 e. The molecule has 0 amide bonds. The Labute approximate surface area is 89.0 Å². The SMILES string of the molecule is Fc1cc(F)c(Br)c(F)c1.[H-].[H-].[Mg+2]. The Morgan fingerprint density at radius 2 is 1.45 bits per heavy atom. The van der Waals surface area contributed by atoms with E-state index in [4.69, 9.17) is 0 Å². The summed E-state index contributed by atoms with van der Waals surface area (Å²) in [7, 11) is 0. The molecule has 58 valence electrons. The molecule has 0 spiro atoms. The van der Waals surface area contributed by atoms with E-state index >= 15 is 0 Å². The van der Waals surface area contributed by atoms with Gasteiger partial charge in [-0.1, -0.05) is 0 Å². The van der Waals surface area contributed by atoms with Gasteiger partial charge < -0.3 is 2.85 Å². The molecule has 0 aliphatic rings. The van der Waals surface area contributed by atoms with Crippen molar-refractivity contribution in [2.24, 2.45) is 0 Å². The van der Waals surface area contributed by atoms with Crippen molar-refractivity contribution in [2.75, 3.05) is 0 Å². The minimum atomic E-state index is -0.933. The van der Waals surface area contributed by atoms with Crippen LogP contribution in [0, 0.1) is 17.5 Å². The molecule has 0 aromatic heterocycles. The molecule has 0 radical (unpaired) electrons. The molecule has 1 aromatic carbocycles. The Kier molecular flexibility index (Phi) is 4.42. The molecule has 1 aromatic rings. The van der Waals surface area contributed by atoms with Gasteiger partial charge in [-0.25, -0.2) is 13.2 Å². The van der Waals surface area contributed by atoms with Gasteiger partial charge in [-0.3, -0.25) is 0 Å². The van der Waals surface area contributed by atoms with Crippen molar-refractivity contribution in [3.05, 3.63) is 34.1 Å². The van der Waals surface area contributed by atoms with Gasteiger partial charge in [-0.05, 0) is 15.9 Å². The molecular weight excluding hydrogens is 233 g/mol. The maximum atomic E-state index is 12.3. The minimum Gasteiger partial charge on any atom is -1.00 e. The molecule has 0 fully saturated rings. The predicted molar refractivity (Wildman–Crippen MR) is 42.0 cm³/mol. The van der Waals surface area contributed by atoms with E-state index in [9.17, 15) is 13.2 Å². The molecule has 0 heterocycles. The van der Waals surface area contributed by atoms with Crippen LogP contribution in [0.1, 0.15) is 2.85 Å². The van der Waals surface area contributed by atoms with Crippen molar-refractivity contribution in [1.82, 2.24) is 0 Å². The molecular formula is C6H4BrF3Mg. The molecule has 11 heavy (non-hydrogen) atoms. The zero-order valence-electron chi connectivity index (χ0n) is 7.37. The Morgan fingerprint density at radius 3 is 1.82 bits per heavy atom. The van der Waals surface area contributed by atoms with Crippen LogP contribution < -0.4 is 0 Å². The predicted octanol–water partition coefficient (Wildman–Crippen LogP) is 2.71. The van der Waals surface area contributed by atoms with E-state index in [0.717, 1.165) is 0 Å². The van der Waals surface area contributed by atoms with Gasteiger partial charge in [0.25, 0.3) is 0 Å². The summed E-state index contributed by atoms with van der Waals surface area (Å²) in [6.07, 6.45) is 0. The van der Waals surface area contributed by atoms with Crippen LogP contribution in [0.3, 0.4) is 0 Å². The van der Waals surface area contributed by atoms with Gasteiger partial charge in [0.15, 0.2) is 0 Å². The molecule has 0 atom stereocenters. The summed E-state index contributed by atoms with van der Waals surface area (Å²) in [6.45, 7) is 0. The Balaban J connectivity index is -0.000000333. The zero-order chi connectivity index (χ0) is 7.72.